The van der Waals surface area contributed by atoms with E-state index in [1.807, 2.05) is 18.2 Å². The van der Waals surface area contributed by atoms with E-state index < -0.39 is 17.6 Å². The number of piperidine rings is 1. The van der Waals surface area contributed by atoms with Gasteiger partial charge in [0.15, 0.2) is 11.6 Å². The highest BCUT2D eigenvalue weighted by Gasteiger charge is 2.45. The molecule has 38 heavy (non-hydrogen) atoms. The number of nitrogens with zero attached hydrogens (tertiary/aromatic N) is 6. The highest BCUT2D eigenvalue weighted by Crippen LogP contribution is 2.46. The molecule has 0 bridgehead atoms. The highest BCUT2D eigenvalue weighted by atomic mass is 35.5. The number of hydrogen-bond acceptors (Lipinski definition) is 5. The molecular formula is C27H25ClF4N6. The number of anilines is 1. The molecule has 0 amide bonds. The van der Waals surface area contributed by atoms with Gasteiger partial charge in [-0.15, -0.1) is 10.2 Å². The molecule has 0 atom stereocenters. The van der Waals surface area contributed by atoms with E-state index in [2.05, 4.69) is 25.7 Å². The van der Waals surface area contributed by atoms with Gasteiger partial charge in [0.1, 0.15) is 5.82 Å². The lowest BCUT2D eigenvalue weighted by Gasteiger charge is -2.34. The molecule has 1 saturated carbocycles. The number of alkyl halides is 3. The van der Waals surface area contributed by atoms with E-state index in [1.165, 1.54) is 12.1 Å². The van der Waals surface area contributed by atoms with Crippen LogP contribution in [0.1, 0.15) is 54.4 Å². The third-order valence-corrected chi connectivity index (χ3v) is 8.13. The van der Waals surface area contributed by atoms with Crippen LogP contribution >= 0.6 is 11.6 Å². The summed E-state index contributed by atoms with van der Waals surface area (Å²) in [6, 6.07) is 11.6. The van der Waals surface area contributed by atoms with E-state index in [0.29, 0.717) is 50.6 Å². The first kappa shape index (κ1) is 25.1. The Morgan fingerprint density at radius 1 is 1.05 bits per heavy atom. The van der Waals surface area contributed by atoms with E-state index in [-0.39, 0.29) is 17.0 Å². The minimum Gasteiger partial charge on any atom is -0.369 e. The fourth-order valence-corrected chi connectivity index (χ4v) is 5.91. The zero-order valence-electron chi connectivity index (χ0n) is 20.5. The molecule has 3 heterocycles. The minimum absolute atomic E-state index is 0.00493. The van der Waals surface area contributed by atoms with Crippen molar-refractivity contribution in [3.8, 4) is 11.8 Å². The molecule has 6 nitrogen and oxygen atoms in total. The minimum atomic E-state index is -4.74. The summed E-state index contributed by atoms with van der Waals surface area (Å²) in [4.78, 5) is 3.90. The van der Waals surface area contributed by atoms with Gasteiger partial charge in [-0.1, -0.05) is 17.7 Å². The van der Waals surface area contributed by atoms with Gasteiger partial charge in [-0.25, -0.2) is 4.39 Å². The lowest BCUT2D eigenvalue weighted by atomic mass is 9.95. The monoisotopic (exact) mass is 544 g/mol. The Bertz CT molecular complexity index is 1420. The fraction of sp³-hybridized carbons (Fsp3) is 0.444. The number of fused-ring (bicyclic) bond motifs is 3. The van der Waals surface area contributed by atoms with Gasteiger partial charge < -0.3 is 4.90 Å². The Labute approximate surface area is 222 Å². The lowest BCUT2D eigenvalue weighted by molar-refractivity contribution is -0.139. The van der Waals surface area contributed by atoms with Crippen LogP contribution in [0.4, 0.5) is 23.2 Å². The molecule has 1 saturated heterocycles. The third-order valence-electron chi connectivity index (χ3n) is 7.90. The largest absolute Gasteiger partial charge is 0.419 e. The molecule has 0 radical (unpaired) electrons. The molecular weight excluding hydrogens is 520 g/mol. The van der Waals surface area contributed by atoms with Gasteiger partial charge in [-0.2, -0.15) is 18.4 Å². The van der Waals surface area contributed by atoms with Crippen LogP contribution in [0.25, 0.3) is 5.69 Å². The quantitative estimate of drug-likeness (QED) is 0.372. The molecule has 2 fully saturated rings. The number of aromatic nitrogens is 3. The number of halogens is 5. The molecule has 3 aromatic rings. The van der Waals surface area contributed by atoms with Gasteiger partial charge in [0.05, 0.1) is 35.0 Å². The SMILES string of the molecule is N#CC1(CN2Cc3cc(Cl)ccc3-n3c(nnc3C3CCN(c4cccc(C(F)(F)F)c4F)CC3)C2)CC1. The van der Waals surface area contributed by atoms with Crippen molar-refractivity contribution in [1.82, 2.24) is 19.7 Å². The Kier molecular flexibility index (Phi) is 6.11. The Hall–Kier alpha value is -3.16. The lowest BCUT2D eigenvalue weighted by Crippen LogP contribution is -2.34. The zero-order chi connectivity index (χ0) is 26.7. The summed E-state index contributed by atoms with van der Waals surface area (Å²) in [5.74, 6) is 0.342. The molecule has 11 heteroatoms. The van der Waals surface area contributed by atoms with Gasteiger partial charge in [-0.05, 0) is 61.6 Å². The van der Waals surface area contributed by atoms with Crippen LogP contribution in [0.15, 0.2) is 36.4 Å². The van der Waals surface area contributed by atoms with Crippen LogP contribution in [0, 0.1) is 22.6 Å². The Balaban J connectivity index is 1.27. The van der Waals surface area contributed by atoms with E-state index in [9.17, 15) is 22.8 Å². The number of rotatable bonds is 4. The Morgan fingerprint density at radius 3 is 2.50 bits per heavy atom. The standard InChI is InChI=1S/C27H25ClF4N6/c28-19-4-5-21-18(12-19)13-36(16-26(15-33)8-9-26)14-23-34-35-25(38(21)23)17-6-10-37(11-7-17)22-3-1-2-20(24(22)29)27(30,31)32/h1-5,12,17H,6-11,13-14,16H2. The summed E-state index contributed by atoms with van der Waals surface area (Å²) < 4.78 is 56.5. The van der Waals surface area contributed by atoms with E-state index in [1.54, 1.807) is 4.90 Å². The van der Waals surface area contributed by atoms with Crippen LogP contribution in [-0.2, 0) is 19.3 Å². The smallest absolute Gasteiger partial charge is 0.369 e. The maximum atomic E-state index is 14.8. The van der Waals surface area contributed by atoms with Crippen molar-refractivity contribution < 1.29 is 17.6 Å². The molecule has 3 aliphatic rings. The van der Waals surface area contributed by atoms with Crippen LogP contribution in [0.2, 0.25) is 5.02 Å². The summed E-state index contributed by atoms with van der Waals surface area (Å²) in [7, 11) is 0. The second-order valence-electron chi connectivity index (χ2n) is 10.5. The molecule has 2 aromatic carbocycles. The Morgan fingerprint density at radius 2 is 1.82 bits per heavy atom. The summed E-state index contributed by atoms with van der Waals surface area (Å²) >= 11 is 6.35. The predicted octanol–water partition coefficient (Wildman–Crippen LogP) is 6.08. The number of benzene rings is 2. The summed E-state index contributed by atoms with van der Waals surface area (Å²) in [5.41, 5.74) is 0.390. The molecule has 6 rings (SSSR count). The zero-order valence-corrected chi connectivity index (χ0v) is 21.2. The third kappa shape index (κ3) is 4.52. The molecule has 2 aliphatic heterocycles. The molecule has 1 aromatic heterocycles. The van der Waals surface area contributed by atoms with Crippen molar-refractivity contribution in [2.24, 2.45) is 5.41 Å². The van der Waals surface area contributed by atoms with E-state index in [4.69, 9.17) is 11.6 Å². The highest BCUT2D eigenvalue weighted by molar-refractivity contribution is 6.30. The number of nitriles is 1. The first-order valence-corrected chi connectivity index (χ1v) is 13.0. The number of hydrogen-bond donors (Lipinski definition) is 0. The fourth-order valence-electron chi connectivity index (χ4n) is 5.71. The normalized spacial score (nSPS) is 19.4. The topological polar surface area (TPSA) is 61.0 Å². The predicted molar refractivity (Wildman–Crippen MR) is 133 cm³/mol. The van der Waals surface area contributed by atoms with E-state index >= 15 is 0 Å². The maximum Gasteiger partial charge on any atom is 0.419 e. The van der Waals surface area contributed by atoms with Gasteiger partial charge in [-0.3, -0.25) is 9.47 Å². The first-order valence-electron chi connectivity index (χ1n) is 12.6. The van der Waals surface area contributed by atoms with Crippen LogP contribution in [0.3, 0.4) is 0 Å². The summed E-state index contributed by atoms with van der Waals surface area (Å²) in [6.45, 7) is 2.62. The summed E-state index contributed by atoms with van der Waals surface area (Å²) in [6.07, 6.45) is -1.76. The second kappa shape index (κ2) is 9.24. The van der Waals surface area contributed by atoms with Crippen molar-refractivity contribution in [2.45, 2.75) is 50.9 Å². The van der Waals surface area contributed by atoms with Crippen molar-refractivity contribution in [3.63, 3.8) is 0 Å². The van der Waals surface area contributed by atoms with E-state index in [0.717, 1.165) is 41.8 Å². The molecule has 1 aliphatic carbocycles. The van der Waals surface area contributed by atoms with Gasteiger partial charge >= 0.3 is 6.18 Å². The van der Waals surface area contributed by atoms with Gasteiger partial charge in [0.25, 0.3) is 0 Å². The maximum absolute atomic E-state index is 14.8. The van der Waals surface area contributed by atoms with Gasteiger partial charge in [0, 0.05) is 37.1 Å². The van der Waals surface area contributed by atoms with Crippen LogP contribution < -0.4 is 4.90 Å². The summed E-state index contributed by atoms with van der Waals surface area (Å²) in [5, 5.41) is 19.3. The second-order valence-corrected chi connectivity index (χ2v) is 11.0. The molecule has 198 valence electrons. The first-order chi connectivity index (χ1) is 18.2. The van der Waals surface area contributed by atoms with Crippen molar-refractivity contribution in [3.05, 3.63) is 70.0 Å². The average Bonchev–Trinajstić information content (AvgIpc) is 3.57. The molecule has 0 N–H and O–H groups in total. The van der Waals surface area contributed by atoms with Crippen molar-refractivity contribution in [2.75, 3.05) is 24.5 Å². The molecule has 0 unspecified atom stereocenters. The van der Waals surface area contributed by atoms with Crippen LogP contribution in [-0.4, -0.2) is 39.3 Å². The molecule has 0 spiro atoms. The van der Waals surface area contributed by atoms with Crippen molar-refractivity contribution >= 4 is 17.3 Å². The van der Waals surface area contributed by atoms with Gasteiger partial charge in [0.2, 0.25) is 0 Å². The van der Waals surface area contributed by atoms with Crippen LogP contribution in [0.5, 0.6) is 0 Å². The van der Waals surface area contributed by atoms with Crippen molar-refractivity contribution in [1.29, 1.82) is 5.26 Å². The average molecular weight is 545 g/mol.